The second kappa shape index (κ2) is 24.8. The number of halogens is 2. The van der Waals surface area contributed by atoms with E-state index in [2.05, 4.69) is 25.5 Å². The minimum absolute atomic E-state index is 0.149. The summed E-state index contributed by atoms with van der Waals surface area (Å²) in [5.41, 5.74) is 5.98. The fraction of sp³-hybridized carbons (Fsp3) is 0.259. The Morgan fingerprint density at radius 2 is 1.39 bits per heavy atom. The van der Waals surface area contributed by atoms with Crippen molar-refractivity contribution in [3.05, 3.63) is 155 Å². The molecule has 5 aromatic carbocycles. The van der Waals surface area contributed by atoms with Gasteiger partial charge in [-0.1, -0.05) is 83.9 Å². The van der Waals surface area contributed by atoms with Crippen LogP contribution in [0.25, 0.3) is 22.5 Å². The van der Waals surface area contributed by atoms with E-state index in [4.69, 9.17) is 56.9 Å². The maximum absolute atomic E-state index is 14.4. The van der Waals surface area contributed by atoms with Gasteiger partial charge in [0.05, 0.1) is 39.3 Å². The van der Waals surface area contributed by atoms with Gasteiger partial charge in [0.25, 0.3) is 0 Å². The number of hydrogen-bond donors (Lipinski definition) is 2. The number of anilines is 4. The summed E-state index contributed by atoms with van der Waals surface area (Å²) in [4.78, 5) is 50.0. The Balaban J connectivity index is 1.12. The van der Waals surface area contributed by atoms with Crippen LogP contribution >= 0.6 is 23.2 Å². The van der Waals surface area contributed by atoms with E-state index in [0.29, 0.717) is 75.1 Å². The number of amides is 2. The van der Waals surface area contributed by atoms with Gasteiger partial charge in [0.2, 0.25) is 0 Å². The molecule has 368 valence electrons. The van der Waals surface area contributed by atoms with Gasteiger partial charge in [0.1, 0.15) is 29.1 Å². The highest BCUT2D eigenvalue weighted by Crippen LogP contribution is 2.32. The fourth-order valence-electron chi connectivity index (χ4n) is 7.70. The molecule has 0 bridgehead atoms. The lowest BCUT2D eigenvalue weighted by Gasteiger charge is -2.34. The summed E-state index contributed by atoms with van der Waals surface area (Å²) in [7, 11) is 4.67. The maximum atomic E-state index is 14.4. The zero-order chi connectivity index (χ0) is 50.3. The minimum atomic E-state index is -1.09. The van der Waals surface area contributed by atoms with Crippen LogP contribution in [0.2, 0.25) is 10.0 Å². The molecule has 2 atom stereocenters. The molecule has 0 fully saturated rings. The van der Waals surface area contributed by atoms with Gasteiger partial charge >= 0.3 is 24.0 Å². The van der Waals surface area contributed by atoms with Crippen LogP contribution in [-0.2, 0) is 22.4 Å². The molecule has 2 N–H and O–H groups in total. The van der Waals surface area contributed by atoms with E-state index < -0.39 is 24.1 Å². The fourth-order valence-corrected chi connectivity index (χ4v) is 8.20. The third-order valence-corrected chi connectivity index (χ3v) is 12.0. The number of nitrogens with zero attached hydrogens (tertiary/aromatic N) is 6. The third kappa shape index (κ3) is 13.6. The summed E-state index contributed by atoms with van der Waals surface area (Å²) in [5, 5.41) is 7.51. The molecule has 71 heavy (non-hydrogen) atoms. The zero-order valence-corrected chi connectivity index (χ0v) is 41.9. The Bertz CT molecular complexity index is 2900. The monoisotopic (exact) mass is 998 g/mol. The van der Waals surface area contributed by atoms with Crippen LogP contribution < -0.4 is 34.5 Å². The number of aromatic nitrogens is 4. The molecule has 2 aromatic heterocycles. The third-order valence-electron chi connectivity index (χ3n) is 11.4. The summed E-state index contributed by atoms with van der Waals surface area (Å²) in [6.07, 6.45) is 0.248. The number of ether oxygens (including phenoxy) is 5. The summed E-state index contributed by atoms with van der Waals surface area (Å²) in [5.74, 6) is 0.902. The molecular formula is C54H56Cl2N8O7. The van der Waals surface area contributed by atoms with E-state index in [1.807, 2.05) is 97.9 Å². The number of esters is 1. The average Bonchev–Trinajstić information content (AvgIpc) is 3.39. The largest absolute Gasteiger partial charge is 0.497 e. The zero-order valence-electron chi connectivity index (χ0n) is 40.4. The highest BCUT2D eigenvalue weighted by molar-refractivity contribution is 6.35. The number of hydrogen-bond acceptors (Lipinski definition) is 13. The standard InChI is InChI=1S/C54H56Cl2N8O7/c1-7-63(50(35(3)51(65)70-8-2)71-44-19-13-15-39(31-44)46-33-48(61-52(59-46)68-5)57-28-26-37-22-23-40(55)32-45(37)56)54(66)58-41-16-12-14-38(30-41)47-34-49(62-53(60-47)69-6)64(42-17-10-9-11-18-42)29-27-36-20-24-43(67-4)25-21-36/h9-25,30-35,50H,7-8,26-29H2,1-6H3,(H,58,66)(H,57,59,61). The topological polar surface area (TPSA) is 162 Å². The molecule has 2 unspecified atom stereocenters. The first-order valence-corrected chi connectivity index (χ1v) is 23.9. The molecule has 0 aliphatic carbocycles. The van der Waals surface area contributed by atoms with Crippen molar-refractivity contribution in [3.8, 4) is 46.0 Å². The number of rotatable bonds is 22. The Kier molecular flexibility index (Phi) is 17.9. The van der Waals surface area contributed by atoms with Crippen molar-refractivity contribution < 1.29 is 33.3 Å². The lowest BCUT2D eigenvalue weighted by atomic mass is 10.1. The van der Waals surface area contributed by atoms with Crippen LogP contribution in [0.5, 0.6) is 23.5 Å². The quantitative estimate of drug-likeness (QED) is 0.0488. The van der Waals surface area contributed by atoms with Crippen LogP contribution in [0.4, 0.5) is 27.8 Å². The molecule has 7 rings (SSSR count). The number of carbonyl (C=O) groups is 2. The summed E-state index contributed by atoms with van der Waals surface area (Å²) in [6.45, 7) is 6.66. The Morgan fingerprint density at radius 1 is 0.690 bits per heavy atom. The molecule has 0 aliphatic rings. The number of methoxy groups -OCH3 is 3. The molecule has 17 heteroatoms. The molecule has 0 aliphatic heterocycles. The van der Waals surface area contributed by atoms with E-state index in [0.717, 1.165) is 29.0 Å². The lowest BCUT2D eigenvalue weighted by molar-refractivity contribution is -0.153. The van der Waals surface area contributed by atoms with E-state index in [9.17, 15) is 9.59 Å². The second-order valence-corrected chi connectivity index (χ2v) is 16.9. The highest BCUT2D eigenvalue weighted by atomic mass is 35.5. The van der Waals surface area contributed by atoms with Crippen molar-refractivity contribution in [1.29, 1.82) is 0 Å². The van der Waals surface area contributed by atoms with Gasteiger partial charge in [-0.25, -0.2) is 4.79 Å². The number of urea groups is 1. The van der Waals surface area contributed by atoms with Crippen molar-refractivity contribution in [2.45, 2.75) is 39.8 Å². The van der Waals surface area contributed by atoms with Gasteiger partial charge in [-0.05, 0) is 105 Å². The SMILES string of the molecule is CCOC(=O)C(C)C(Oc1cccc(-c2cc(NCCc3ccc(Cl)cc3Cl)nc(OC)n2)c1)N(CC)C(=O)Nc1cccc(-c2cc(N(CCc3ccc(OC)cc3)c3ccccc3)nc(OC)n2)c1. The number of para-hydroxylation sites is 1. The van der Waals surface area contributed by atoms with Crippen LogP contribution in [0.1, 0.15) is 31.9 Å². The maximum Gasteiger partial charge on any atom is 0.324 e. The molecule has 2 heterocycles. The van der Waals surface area contributed by atoms with Crippen LogP contribution in [0.15, 0.2) is 133 Å². The Hall–Kier alpha value is -7.62. The van der Waals surface area contributed by atoms with Crippen molar-refractivity contribution in [2.75, 3.05) is 63.1 Å². The normalized spacial score (nSPS) is 11.7. The average molecular weight is 1000 g/mol. The van der Waals surface area contributed by atoms with Gasteiger partial charge in [0.15, 0.2) is 6.23 Å². The molecule has 0 saturated heterocycles. The van der Waals surface area contributed by atoms with E-state index >= 15 is 0 Å². The van der Waals surface area contributed by atoms with Crippen LogP contribution in [0.3, 0.4) is 0 Å². The first-order chi connectivity index (χ1) is 34.5. The summed E-state index contributed by atoms with van der Waals surface area (Å²) in [6, 6.07) is 41.4. The van der Waals surface area contributed by atoms with Crippen LogP contribution in [-0.4, -0.2) is 90.6 Å². The predicted molar refractivity (Wildman–Crippen MR) is 278 cm³/mol. The van der Waals surface area contributed by atoms with Gasteiger partial charge < -0.3 is 39.2 Å². The number of nitrogens with one attached hydrogen (secondary N) is 2. The Labute approximate surface area is 424 Å². The molecule has 0 spiro atoms. The van der Waals surface area contributed by atoms with Crippen molar-refractivity contribution >= 4 is 58.2 Å². The predicted octanol–water partition coefficient (Wildman–Crippen LogP) is 11.4. The lowest BCUT2D eigenvalue weighted by Crippen LogP contribution is -2.51. The molecular weight excluding hydrogens is 944 g/mol. The van der Waals surface area contributed by atoms with E-state index in [1.54, 1.807) is 63.4 Å². The molecule has 2 amide bonds. The summed E-state index contributed by atoms with van der Waals surface area (Å²) < 4.78 is 28.5. The van der Waals surface area contributed by atoms with Crippen molar-refractivity contribution in [2.24, 2.45) is 5.92 Å². The summed E-state index contributed by atoms with van der Waals surface area (Å²) >= 11 is 12.5. The number of carbonyl (C=O) groups excluding carboxylic acids is 2. The van der Waals surface area contributed by atoms with Gasteiger partial charge in [-0.3, -0.25) is 9.69 Å². The van der Waals surface area contributed by atoms with E-state index in [1.165, 1.54) is 19.1 Å². The van der Waals surface area contributed by atoms with Crippen LogP contribution in [0, 0.1) is 5.92 Å². The molecule has 15 nitrogen and oxygen atoms in total. The Morgan fingerprint density at radius 3 is 2.08 bits per heavy atom. The number of benzene rings is 5. The molecule has 0 saturated carbocycles. The van der Waals surface area contributed by atoms with Gasteiger partial charge in [0, 0.05) is 64.3 Å². The van der Waals surface area contributed by atoms with Crippen molar-refractivity contribution in [1.82, 2.24) is 24.8 Å². The van der Waals surface area contributed by atoms with Gasteiger partial charge in [-0.2, -0.15) is 19.9 Å². The van der Waals surface area contributed by atoms with E-state index in [-0.39, 0.29) is 25.2 Å². The van der Waals surface area contributed by atoms with Crippen molar-refractivity contribution in [3.63, 3.8) is 0 Å². The minimum Gasteiger partial charge on any atom is -0.497 e. The van der Waals surface area contributed by atoms with Gasteiger partial charge in [-0.15, -0.1) is 0 Å². The smallest absolute Gasteiger partial charge is 0.324 e. The second-order valence-electron chi connectivity index (χ2n) is 16.1. The molecule has 7 aromatic rings. The highest BCUT2D eigenvalue weighted by Gasteiger charge is 2.35. The molecule has 0 radical (unpaired) electrons. The first kappa shape index (κ1) is 51.2. The first-order valence-electron chi connectivity index (χ1n) is 23.1.